The van der Waals surface area contributed by atoms with E-state index in [0.29, 0.717) is 16.7 Å². The number of carbonyl (C=O) groups excluding carboxylic acids is 2. The third-order valence-electron chi connectivity index (χ3n) is 4.88. The Morgan fingerprint density at radius 1 is 1.03 bits per heavy atom. The Labute approximate surface area is 188 Å². The van der Waals surface area contributed by atoms with Crippen molar-refractivity contribution in [1.29, 1.82) is 0 Å². The smallest absolute Gasteiger partial charge is 0.433 e. The number of rotatable bonds is 4. The van der Waals surface area contributed by atoms with Gasteiger partial charge in [0.1, 0.15) is 22.1 Å². The Hall–Kier alpha value is -3.73. The van der Waals surface area contributed by atoms with E-state index in [1.165, 1.54) is 30.5 Å². The van der Waals surface area contributed by atoms with Crippen LogP contribution in [0.1, 0.15) is 37.0 Å². The topological polar surface area (TPSA) is 84.2 Å². The summed E-state index contributed by atoms with van der Waals surface area (Å²) >= 11 is 0.822. The number of hydrogen-bond donors (Lipinski definition) is 2. The van der Waals surface area contributed by atoms with Crippen LogP contribution in [0.15, 0.2) is 47.1 Å². The monoisotopic (exact) mass is 477 g/mol. The lowest BCUT2D eigenvalue weighted by Gasteiger charge is -2.10. The highest BCUT2D eigenvalue weighted by atomic mass is 32.1. The molecule has 0 atom stereocenters. The standard InChI is InChI=1S/C22H15F4N3O3S/c1-10-13-4-6-17(22(24,25)26)29-21(13)33-18(10)20(31)27-12-3-5-15(23)16(9-12)28-19(30)14-7-8-32-11(14)2/h3-9H,1-2H3,(H,27,31)(H,28,30). The van der Waals surface area contributed by atoms with E-state index < -0.39 is 29.5 Å². The molecule has 0 bridgehead atoms. The summed E-state index contributed by atoms with van der Waals surface area (Å²) in [4.78, 5) is 29.0. The molecule has 0 fully saturated rings. The number of nitrogens with one attached hydrogen (secondary N) is 2. The first kappa shape index (κ1) is 22.5. The summed E-state index contributed by atoms with van der Waals surface area (Å²) in [5.41, 5.74) is -0.324. The third-order valence-corrected chi connectivity index (χ3v) is 6.08. The van der Waals surface area contributed by atoms with Crippen molar-refractivity contribution in [1.82, 2.24) is 4.98 Å². The predicted octanol–water partition coefficient (Wildman–Crippen LogP) is 6.17. The van der Waals surface area contributed by atoms with Crippen LogP contribution in [0.3, 0.4) is 0 Å². The van der Waals surface area contributed by atoms with Gasteiger partial charge in [-0.25, -0.2) is 9.37 Å². The highest BCUT2D eigenvalue weighted by Crippen LogP contribution is 2.34. The van der Waals surface area contributed by atoms with Crippen LogP contribution >= 0.6 is 11.3 Å². The van der Waals surface area contributed by atoms with Crippen LogP contribution < -0.4 is 10.6 Å². The van der Waals surface area contributed by atoms with E-state index in [4.69, 9.17) is 4.42 Å². The number of hydrogen-bond acceptors (Lipinski definition) is 5. The molecule has 4 aromatic rings. The number of pyridine rings is 1. The summed E-state index contributed by atoms with van der Waals surface area (Å²) in [5.74, 6) is -1.54. The van der Waals surface area contributed by atoms with Crippen LogP contribution in [0.25, 0.3) is 10.2 Å². The molecule has 33 heavy (non-hydrogen) atoms. The normalized spacial score (nSPS) is 11.6. The summed E-state index contributed by atoms with van der Waals surface area (Å²) in [7, 11) is 0. The van der Waals surface area contributed by atoms with E-state index in [2.05, 4.69) is 15.6 Å². The van der Waals surface area contributed by atoms with Gasteiger partial charge < -0.3 is 15.1 Å². The van der Waals surface area contributed by atoms with E-state index in [1.807, 2.05) is 0 Å². The number of carbonyl (C=O) groups is 2. The fourth-order valence-corrected chi connectivity index (χ4v) is 4.25. The van der Waals surface area contributed by atoms with Gasteiger partial charge in [-0.3, -0.25) is 9.59 Å². The van der Waals surface area contributed by atoms with E-state index >= 15 is 0 Å². The fourth-order valence-electron chi connectivity index (χ4n) is 3.17. The van der Waals surface area contributed by atoms with Crippen molar-refractivity contribution in [2.75, 3.05) is 10.6 Å². The first-order valence-electron chi connectivity index (χ1n) is 9.48. The molecule has 2 N–H and O–H groups in total. The summed E-state index contributed by atoms with van der Waals surface area (Å²) in [6.45, 7) is 3.19. The quantitative estimate of drug-likeness (QED) is 0.345. The lowest BCUT2D eigenvalue weighted by atomic mass is 10.1. The van der Waals surface area contributed by atoms with E-state index in [9.17, 15) is 27.2 Å². The van der Waals surface area contributed by atoms with Crippen molar-refractivity contribution < 1.29 is 31.6 Å². The van der Waals surface area contributed by atoms with Gasteiger partial charge in [0.2, 0.25) is 0 Å². The van der Waals surface area contributed by atoms with Gasteiger partial charge in [0, 0.05) is 11.1 Å². The van der Waals surface area contributed by atoms with Crippen LogP contribution in [-0.2, 0) is 6.18 Å². The number of aromatic nitrogens is 1. The summed E-state index contributed by atoms with van der Waals surface area (Å²) in [5, 5.41) is 5.43. The van der Waals surface area contributed by atoms with Gasteiger partial charge in [-0.05, 0) is 55.8 Å². The molecule has 170 valence electrons. The fraction of sp³-hybridized carbons (Fsp3) is 0.136. The van der Waals surface area contributed by atoms with Gasteiger partial charge in [-0.15, -0.1) is 11.3 Å². The van der Waals surface area contributed by atoms with Gasteiger partial charge in [-0.2, -0.15) is 13.2 Å². The molecule has 6 nitrogen and oxygen atoms in total. The van der Waals surface area contributed by atoms with Gasteiger partial charge >= 0.3 is 6.18 Å². The van der Waals surface area contributed by atoms with Gasteiger partial charge in [0.25, 0.3) is 11.8 Å². The van der Waals surface area contributed by atoms with E-state index in [-0.39, 0.29) is 26.6 Å². The second kappa shape index (κ2) is 8.32. The van der Waals surface area contributed by atoms with Gasteiger partial charge in [-0.1, -0.05) is 0 Å². The Balaban J connectivity index is 1.58. The zero-order chi connectivity index (χ0) is 23.9. The van der Waals surface area contributed by atoms with Crippen LogP contribution in [0.2, 0.25) is 0 Å². The van der Waals surface area contributed by atoms with Crippen LogP contribution in [-0.4, -0.2) is 16.8 Å². The van der Waals surface area contributed by atoms with Crippen LogP contribution in [0, 0.1) is 19.7 Å². The number of fused-ring (bicyclic) bond motifs is 1. The number of thiophene rings is 1. The molecular formula is C22H15F4N3O3S. The Morgan fingerprint density at radius 2 is 1.79 bits per heavy atom. The lowest BCUT2D eigenvalue weighted by Crippen LogP contribution is -2.15. The van der Waals surface area contributed by atoms with Crippen molar-refractivity contribution in [3.8, 4) is 0 Å². The molecule has 3 heterocycles. The maximum absolute atomic E-state index is 14.2. The molecule has 0 radical (unpaired) electrons. The number of alkyl halides is 3. The lowest BCUT2D eigenvalue weighted by molar-refractivity contribution is -0.140. The van der Waals surface area contributed by atoms with Crippen LogP contribution in [0.5, 0.6) is 0 Å². The summed E-state index contributed by atoms with van der Waals surface area (Å²) in [6.07, 6.45) is -3.27. The maximum Gasteiger partial charge on any atom is 0.433 e. The largest absolute Gasteiger partial charge is 0.469 e. The second-order valence-corrected chi connectivity index (χ2v) is 8.10. The molecule has 0 saturated carbocycles. The number of nitrogens with zero attached hydrogens (tertiary/aromatic N) is 1. The highest BCUT2D eigenvalue weighted by Gasteiger charge is 2.33. The number of benzene rings is 1. The van der Waals surface area contributed by atoms with Crippen molar-refractivity contribution in [3.63, 3.8) is 0 Å². The number of amides is 2. The number of anilines is 2. The average Bonchev–Trinajstić information content (AvgIpc) is 3.32. The molecule has 0 saturated heterocycles. The number of aryl methyl sites for hydroxylation is 2. The molecule has 3 aromatic heterocycles. The Kier molecular flexibility index (Phi) is 5.66. The van der Waals surface area contributed by atoms with E-state index in [0.717, 1.165) is 23.5 Å². The van der Waals surface area contributed by atoms with Crippen molar-refractivity contribution in [3.05, 3.63) is 75.9 Å². The predicted molar refractivity (Wildman–Crippen MR) is 115 cm³/mol. The SMILES string of the molecule is Cc1occc1C(=O)Nc1cc(NC(=O)c2sc3nc(C(F)(F)F)ccc3c2C)ccc1F. The molecule has 1 aromatic carbocycles. The number of furan rings is 1. The first-order valence-corrected chi connectivity index (χ1v) is 10.3. The molecule has 0 spiro atoms. The average molecular weight is 477 g/mol. The molecule has 11 heteroatoms. The second-order valence-electron chi connectivity index (χ2n) is 7.10. The minimum absolute atomic E-state index is 0.0787. The van der Waals surface area contributed by atoms with Crippen molar-refractivity contribution in [2.45, 2.75) is 20.0 Å². The molecular weight excluding hydrogens is 462 g/mol. The molecule has 4 rings (SSSR count). The summed E-state index contributed by atoms with van der Waals surface area (Å²) < 4.78 is 58.1. The van der Waals surface area contributed by atoms with Gasteiger partial charge in [0.05, 0.1) is 22.4 Å². The minimum atomic E-state index is -4.60. The van der Waals surface area contributed by atoms with E-state index in [1.54, 1.807) is 13.8 Å². The molecule has 0 aliphatic carbocycles. The molecule has 2 amide bonds. The third kappa shape index (κ3) is 4.44. The number of halogens is 4. The van der Waals surface area contributed by atoms with Gasteiger partial charge in [0.15, 0.2) is 0 Å². The summed E-state index contributed by atoms with van der Waals surface area (Å²) in [6, 6.07) is 7.19. The zero-order valence-electron chi connectivity index (χ0n) is 17.1. The Bertz CT molecular complexity index is 1390. The Morgan fingerprint density at radius 3 is 2.45 bits per heavy atom. The first-order chi connectivity index (χ1) is 15.5. The molecule has 0 unspecified atom stereocenters. The van der Waals surface area contributed by atoms with Crippen LogP contribution in [0.4, 0.5) is 28.9 Å². The molecule has 0 aliphatic heterocycles. The minimum Gasteiger partial charge on any atom is -0.469 e. The van der Waals surface area contributed by atoms with Crippen molar-refractivity contribution >= 4 is 44.7 Å². The molecule has 0 aliphatic rings. The highest BCUT2D eigenvalue weighted by molar-refractivity contribution is 7.20. The zero-order valence-corrected chi connectivity index (χ0v) is 18.0. The van der Waals surface area contributed by atoms with Crippen molar-refractivity contribution in [2.24, 2.45) is 0 Å². The maximum atomic E-state index is 14.2.